The quantitative estimate of drug-likeness (QED) is 0.512. The summed E-state index contributed by atoms with van der Waals surface area (Å²) in [7, 11) is 0. The van der Waals surface area contributed by atoms with Crippen molar-refractivity contribution in [3.05, 3.63) is 0 Å². The molecule has 0 aromatic heterocycles. The van der Waals surface area contributed by atoms with Crippen molar-refractivity contribution >= 4 is 11.9 Å². The highest BCUT2D eigenvalue weighted by Gasteiger charge is 2.36. The summed E-state index contributed by atoms with van der Waals surface area (Å²) < 4.78 is 0. The van der Waals surface area contributed by atoms with E-state index in [1.165, 1.54) is 12.8 Å². The SMILES string of the molecule is O=C(O)C[C@H]1CCC2CCC(NC(=O)CC3CCC(C#CC4CCCCC4O)CC3)CC2C1. The largest absolute Gasteiger partial charge is 0.481 e. The summed E-state index contributed by atoms with van der Waals surface area (Å²) in [5.74, 6) is 9.06. The Bertz CT molecular complexity index is 732. The zero-order chi connectivity index (χ0) is 23.2. The fraction of sp³-hybridized carbons (Fsp3) is 0.857. The van der Waals surface area contributed by atoms with E-state index in [-0.39, 0.29) is 24.0 Å². The third-order valence-electron chi connectivity index (χ3n) is 9.07. The van der Waals surface area contributed by atoms with Gasteiger partial charge in [0, 0.05) is 30.7 Å². The van der Waals surface area contributed by atoms with Crippen molar-refractivity contribution in [2.24, 2.45) is 35.5 Å². The van der Waals surface area contributed by atoms with Gasteiger partial charge in [-0.3, -0.25) is 9.59 Å². The molecule has 5 unspecified atom stereocenters. The molecule has 4 rings (SSSR count). The van der Waals surface area contributed by atoms with Gasteiger partial charge in [-0.25, -0.2) is 0 Å². The maximum Gasteiger partial charge on any atom is 0.303 e. The number of hydrogen-bond donors (Lipinski definition) is 3. The highest BCUT2D eigenvalue weighted by molar-refractivity contribution is 5.76. The number of aliphatic hydroxyl groups is 1. The number of hydrogen-bond acceptors (Lipinski definition) is 3. The summed E-state index contributed by atoms with van der Waals surface area (Å²) >= 11 is 0. The first-order valence-electron chi connectivity index (χ1n) is 13.7. The number of rotatable bonds is 5. The Morgan fingerprint density at radius 3 is 2.24 bits per heavy atom. The van der Waals surface area contributed by atoms with Crippen LogP contribution in [0.4, 0.5) is 0 Å². The maximum absolute atomic E-state index is 12.8. The van der Waals surface area contributed by atoms with Crippen LogP contribution in [0.3, 0.4) is 0 Å². The topological polar surface area (TPSA) is 86.6 Å². The molecule has 1 amide bonds. The van der Waals surface area contributed by atoms with Gasteiger partial charge in [0.1, 0.15) is 0 Å². The summed E-state index contributed by atoms with van der Waals surface area (Å²) in [6, 6.07) is 0.270. The lowest BCUT2D eigenvalue weighted by molar-refractivity contribution is -0.138. The Hall–Kier alpha value is -1.54. The first-order valence-corrected chi connectivity index (χ1v) is 13.7. The van der Waals surface area contributed by atoms with E-state index in [9.17, 15) is 14.7 Å². The molecule has 4 saturated carbocycles. The molecule has 0 spiro atoms. The average Bonchev–Trinajstić information content (AvgIpc) is 2.79. The second-order valence-corrected chi connectivity index (χ2v) is 11.5. The molecule has 33 heavy (non-hydrogen) atoms. The van der Waals surface area contributed by atoms with Gasteiger partial charge in [-0.05, 0) is 101 Å². The zero-order valence-electron chi connectivity index (χ0n) is 20.1. The number of carbonyl (C=O) groups is 2. The molecule has 0 heterocycles. The number of carboxylic acid groups (broad SMARTS) is 1. The second kappa shape index (κ2) is 11.7. The van der Waals surface area contributed by atoms with Crippen molar-refractivity contribution < 1.29 is 19.8 Å². The normalized spacial score (nSPS) is 38.9. The van der Waals surface area contributed by atoms with Gasteiger partial charge in [-0.2, -0.15) is 0 Å². The molecule has 5 nitrogen and oxygen atoms in total. The third-order valence-corrected chi connectivity index (χ3v) is 9.07. The number of nitrogens with one attached hydrogen (secondary N) is 1. The molecule has 0 saturated heterocycles. The predicted octanol–water partition coefficient (Wildman–Crippen LogP) is 4.91. The van der Waals surface area contributed by atoms with Gasteiger partial charge in [0.05, 0.1) is 6.10 Å². The minimum Gasteiger partial charge on any atom is -0.481 e. The standard InChI is InChI=1S/C28H43NO4/c30-26-4-2-1-3-23(26)12-9-19-5-7-20(8-6-19)16-27(31)29-25-14-13-22-11-10-21(17-28(32)33)15-24(22)18-25/h19-26,30H,1-8,10-11,13-18H2,(H,29,31)(H,32,33)/t19?,20?,21-,22?,23?,24?,25?,26?/m0/s1. The van der Waals surface area contributed by atoms with E-state index in [1.54, 1.807) is 0 Å². The molecular weight excluding hydrogens is 414 g/mol. The predicted molar refractivity (Wildman–Crippen MR) is 128 cm³/mol. The number of aliphatic hydroxyl groups excluding tert-OH is 1. The van der Waals surface area contributed by atoms with Gasteiger partial charge in [0.15, 0.2) is 0 Å². The second-order valence-electron chi connectivity index (χ2n) is 11.5. The van der Waals surface area contributed by atoms with Crippen molar-refractivity contribution in [1.29, 1.82) is 0 Å². The van der Waals surface area contributed by atoms with Crippen molar-refractivity contribution in [2.75, 3.05) is 0 Å². The highest BCUT2D eigenvalue weighted by Crippen LogP contribution is 2.43. The number of carbonyl (C=O) groups excluding carboxylic acids is 1. The fourth-order valence-corrected chi connectivity index (χ4v) is 7.12. The monoisotopic (exact) mass is 457 g/mol. The number of aliphatic carboxylic acids is 1. The molecule has 0 radical (unpaired) electrons. The fourth-order valence-electron chi connectivity index (χ4n) is 7.12. The van der Waals surface area contributed by atoms with E-state index in [4.69, 9.17) is 5.11 Å². The van der Waals surface area contributed by atoms with Gasteiger partial charge >= 0.3 is 5.97 Å². The Morgan fingerprint density at radius 1 is 0.758 bits per heavy atom. The Morgan fingerprint density at radius 2 is 1.48 bits per heavy atom. The van der Waals surface area contributed by atoms with Crippen LogP contribution < -0.4 is 5.32 Å². The molecule has 4 aliphatic carbocycles. The molecule has 184 valence electrons. The average molecular weight is 458 g/mol. The van der Waals surface area contributed by atoms with Crippen LogP contribution in [0.25, 0.3) is 0 Å². The minimum absolute atomic E-state index is 0.168. The van der Waals surface area contributed by atoms with Crippen molar-refractivity contribution in [2.45, 2.75) is 115 Å². The van der Waals surface area contributed by atoms with Crippen molar-refractivity contribution in [1.82, 2.24) is 5.32 Å². The molecule has 5 heteroatoms. The van der Waals surface area contributed by atoms with E-state index < -0.39 is 5.97 Å². The summed E-state index contributed by atoms with van der Waals surface area (Å²) in [6.45, 7) is 0. The van der Waals surface area contributed by atoms with Crippen molar-refractivity contribution in [3.8, 4) is 11.8 Å². The van der Waals surface area contributed by atoms with E-state index in [2.05, 4.69) is 17.2 Å². The Labute approximate surface area is 199 Å². The van der Waals surface area contributed by atoms with E-state index in [0.717, 1.165) is 83.0 Å². The lowest BCUT2D eigenvalue weighted by Crippen LogP contribution is -2.43. The molecule has 0 aromatic rings. The number of carboxylic acids is 1. The van der Waals surface area contributed by atoms with Crippen molar-refractivity contribution in [3.63, 3.8) is 0 Å². The van der Waals surface area contributed by atoms with Gasteiger partial charge in [0.25, 0.3) is 0 Å². The van der Waals surface area contributed by atoms with E-state index in [1.807, 2.05) is 0 Å². The minimum atomic E-state index is -0.675. The highest BCUT2D eigenvalue weighted by atomic mass is 16.4. The van der Waals surface area contributed by atoms with Crippen LogP contribution in [-0.4, -0.2) is 34.2 Å². The summed E-state index contributed by atoms with van der Waals surface area (Å²) in [5.41, 5.74) is 0. The third kappa shape index (κ3) is 7.22. The smallest absolute Gasteiger partial charge is 0.303 e. The number of amides is 1. The molecule has 3 N–H and O–H groups in total. The summed E-state index contributed by atoms with van der Waals surface area (Å²) in [6.07, 6.45) is 15.8. The molecule has 0 aromatic carbocycles. The van der Waals surface area contributed by atoms with E-state index >= 15 is 0 Å². The van der Waals surface area contributed by atoms with Crippen LogP contribution in [-0.2, 0) is 9.59 Å². The van der Waals surface area contributed by atoms with Crippen LogP contribution in [0.1, 0.15) is 103 Å². The Kier molecular flexibility index (Phi) is 8.74. The van der Waals surface area contributed by atoms with Crippen LogP contribution in [0.5, 0.6) is 0 Å². The molecule has 6 atom stereocenters. The lowest BCUT2D eigenvalue weighted by Gasteiger charge is -2.42. The molecule has 0 aliphatic heterocycles. The molecule has 4 aliphatic rings. The van der Waals surface area contributed by atoms with Gasteiger partial charge in [-0.15, -0.1) is 0 Å². The van der Waals surface area contributed by atoms with Crippen LogP contribution in [0, 0.1) is 47.3 Å². The van der Waals surface area contributed by atoms with Gasteiger partial charge < -0.3 is 15.5 Å². The summed E-state index contributed by atoms with van der Waals surface area (Å²) in [5, 5.41) is 22.6. The molecular formula is C28H43NO4. The van der Waals surface area contributed by atoms with Gasteiger partial charge in [0.2, 0.25) is 5.91 Å². The summed E-state index contributed by atoms with van der Waals surface area (Å²) in [4.78, 5) is 23.8. The molecule has 4 fully saturated rings. The van der Waals surface area contributed by atoms with E-state index in [0.29, 0.717) is 36.5 Å². The van der Waals surface area contributed by atoms with Crippen LogP contribution in [0.15, 0.2) is 0 Å². The first kappa shape index (κ1) is 24.6. The lowest BCUT2D eigenvalue weighted by atomic mass is 9.66. The Balaban J connectivity index is 1.16. The van der Waals surface area contributed by atoms with Gasteiger partial charge in [-0.1, -0.05) is 24.7 Å². The zero-order valence-corrected chi connectivity index (χ0v) is 20.1. The number of fused-ring (bicyclic) bond motifs is 1. The first-order chi connectivity index (χ1) is 16.0. The van der Waals surface area contributed by atoms with Crippen LogP contribution in [0.2, 0.25) is 0 Å². The van der Waals surface area contributed by atoms with Crippen LogP contribution >= 0.6 is 0 Å². The molecule has 0 bridgehead atoms. The maximum atomic E-state index is 12.8.